The number of amides is 1. The molecule has 1 aromatic heterocycles. The Labute approximate surface area is 144 Å². The summed E-state index contributed by atoms with van der Waals surface area (Å²) in [6.45, 7) is 0. The molecular weight excluding hydrogens is 348 g/mol. The van der Waals surface area contributed by atoms with E-state index in [4.69, 9.17) is 11.6 Å². The molecule has 0 spiro atoms. The van der Waals surface area contributed by atoms with Crippen LogP contribution in [-0.2, 0) is 14.6 Å². The molecule has 0 aliphatic rings. The lowest BCUT2D eigenvalue weighted by Gasteiger charge is -2.08. The zero-order valence-corrected chi connectivity index (χ0v) is 14.0. The lowest BCUT2D eigenvalue weighted by molar-refractivity contribution is -0.113. The number of sulfone groups is 1. The first-order chi connectivity index (χ1) is 11.5. The smallest absolute Gasteiger partial charge is 0.240 e. The van der Waals surface area contributed by atoms with Gasteiger partial charge in [-0.1, -0.05) is 29.8 Å². The number of halogens is 1. The Hall–Kier alpha value is -2.44. The summed E-state index contributed by atoms with van der Waals surface area (Å²) in [4.78, 5) is 16.4. The van der Waals surface area contributed by atoms with Crippen molar-refractivity contribution in [1.82, 2.24) is 4.98 Å². The largest absolute Gasteiger partial charge is 0.323 e. The van der Waals surface area contributed by atoms with E-state index in [1.807, 2.05) is 12.1 Å². The van der Waals surface area contributed by atoms with Crippen LogP contribution in [0.15, 0.2) is 65.7 Å². The fraction of sp³-hybridized carbons (Fsp3) is 0.0588. The maximum atomic E-state index is 12.3. The maximum absolute atomic E-state index is 12.3. The summed E-state index contributed by atoms with van der Waals surface area (Å²) < 4.78 is 24.6. The van der Waals surface area contributed by atoms with Gasteiger partial charge >= 0.3 is 0 Å². The summed E-state index contributed by atoms with van der Waals surface area (Å²) in [5.74, 6) is -1.28. The third kappa shape index (κ3) is 3.55. The van der Waals surface area contributed by atoms with Crippen LogP contribution in [-0.4, -0.2) is 25.1 Å². The lowest BCUT2D eigenvalue weighted by atomic mass is 10.2. The zero-order chi connectivity index (χ0) is 17.2. The van der Waals surface area contributed by atoms with Gasteiger partial charge in [-0.05, 0) is 36.4 Å². The molecule has 0 radical (unpaired) electrons. The quantitative estimate of drug-likeness (QED) is 0.774. The molecule has 1 N–H and O–H groups in total. The molecular formula is C17H13ClN2O3S. The molecule has 1 heterocycles. The summed E-state index contributed by atoms with van der Waals surface area (Å²) in [5.41, 5.74) is 1.08. The van der Waals surface area contributed by atoms with E-state index in [-0.39, 0.29) is 4.90 Å². The number of hydrogen-bond acceptors (Lipinski definition) is 4. The Kier molecular flexibility index (Phi) is 4.51. The van der Waals surface area contributed by atoms with Crippen molar-refractivity contribution in [3.8, 4) is 0 Å². The first kappa shape index (κ1) is 16.4. The van der Waals surface area contributed by atoms with Gasteiger partial charge in [0.15, 0.2) is 9.84 Å². The summed E-state index contributed by atoms with van der Waals surface area (Å²) in [5, 5.41) is 3.90. The van der Waals surface area contributed by atoms with Gasteiger partial charge in [-0.25, -0.2) is 8.42 Å². The van der Waals surface area contributed by atoms with E-state index < -0.39 is 21.5 Å². The number of nitrogens with one attached hydrogen (secondary N) is 1. The van der Waals surface area contributed by atoms with E-state index in [0.29, 0.717) is 16.2 Å². The van der Waals surface area contributed by atoms with Gasteiger partial charge in [0, 0.05) is 16.6 Å². The molecule has 0 aliphatic carbocycles. The average Bonchev–Trinajstić information content (AvgIpc) is 2.55. The Bertz CT molecular complexity index is 997. The molecule has 0 fully saturated rings. The van der Waals surface area contributed by atoms with E-state index in [1.54, 1.807) is 24.4 Å². The van der Waals surface area contributed by atoms with Crippen molar-refractivity contribution in [1.29, 1.82) is 0 Å². The number of rotatable bonds is 4. The van der Waals surface area contributed by atoms with Crippen molar-refractivity contribution in [2.45, 2.75) is 4.90 Å². The molecule has 0 unspecified atom stereocenters. The molecule has 0 bridgehead atoms. The second-order valence-electron chi connectivity index (χ2n) is 5.14. The molecule has 0 saturated heterocycles. The molecule has 24 heavy (non-hydrogen) atoms. The van der Waals surface area contributed by atoms with Crippen LogP contribution in [0.5, 0.6) is 0 Å². The number of benzene rings is 2. The predicted octanol–water partition coefficient (Wildman–Crippen LogP) is 3.30. The van der Waals surface area contributed by atoms with Crippen LogP contribution in [0.4, 0.5) is 5.69 Å². The topological polar surface area (TPSA) is 76.1 Å². The van der Waals surface area contributed by atoms with Crippen molar-refractivity contribution in [3.05, 3.63) is 65.8 Å². The minimum absolute atomic E-state index is 0.0538. The number of carbonyl (C=O) groups excluding carboxylic acids is 1. The van der Waals surface area contributed by atoms with Crippen LogP contribution in [0, 0.1) is 0 Å². The molecule has 5 nitrogen and oxygen atoms in total. The van der Waals surface area contributed by atoms with E-state index in [9.17, 15) is 13.2 Å². The molecule has 3 rings (SSSR count). The van der Waals surface area contributed by atoms with Crippen molar-refractivity contribution in [3.63, 3.8) is 0 Å². The van der Waals surface area contributed by atoms with E-state index in [0.717, 1.165) is 5.39 Å². The molecule has 122 valence electrons. The molecule has 1 amide bonds. The highest BCUT2D eigenvalue weighted by Crippen LogP contribution is 2.21. The third-order valence-electron chi connectivity index (χ3n) is 3.40. The summed E-state index contributed by atoms with van der Waals surface area (Å²) in [6.07, 6.45) is 1.61. The number of anilines is 1. The SMILES string of the molecule is O=C(CS(=O)(=O)c1ccc(Cl)cc1)Nc1cccc2cccnc12. The zero-order valence-electron chi connectivity index (χ0n) is 12.4. The van der Waals surface area contributed by atoms with Crippen LogP contribution < -0.4 is 5.32 Å². The van der Waals surface area contributed by atoms with Gasteiger partial charge in [0.1, 0.15) is 5.75 Å². The van der Waals surface area contributed by atoms with Gasteiger partial charge < -0.3 is 5.32 Å². The van der Waals surface area contributed by atoms with E-state index in [2.05, 4.69) is 10.3 Å². The van der Waals surface area contributed by atoms with Crippen molar-refractivity contribution in [2.24, 2.45) is 0 Å². The summed E-state index contributed by atoms with van der Waals surface area (Å²) in [6, 6.07) is 14.7. The first-order valence-electron chi connectivity index (χ1n) is 7.08. The Morgan fingerprint density at radius 2 is 1.75 bits per heavy atom. The monoisotopic (exact) mass is 360 g/mol. The normalized spacial score (nSPS) is 11.4. The summed E-state index contributed by atoms with van der Waals surface area (Å²) in [7, 11) is -3.74. The van der Waals surface area contributed by atoms with Gasteiger partial charge in [-0.15, -0.1) is 0 Å². The van der Waals surface area contributed by atoms with Gasteiger partial charge in [-0.3, -0.25) is 9.78 Å². The van der Waals surface area contributed by atoms with Crippen LogP contribution in [0.1, 0.15) is 0 Å². The highest BCUT2D eigenvalue weighted by Gasteiger charge is 2.20. The fourth-order valence-corrected chi connectivity index (χ4v) is 3.55. The average molecular weight is 361 g/mol. The number of para-hydroxylation sites is 1. The van der Waals surface area contributed by atoms with Gasteiger partial charge in [0.2, 0.25) is 5.91 Å². The van der Waals surface area contributed by atoms with Crippen molar-refractivity contribution >= 4 is 43.9 Å². The molecule has 0 atom stereocenters. The standard InChI is InChI=1S/C17H13ClN2O3S/c18-13-6-8-14(9-7-13)24(22,23)11-16(21)20-15-5-1-3-12-4-2-10-19-17(12)15/h1-10H,11H2,(H,20,21). The van der Waals surface area contributed by atoms with Crippen LogP contribution in [0.2, 0.25) is 5.02 Å². The van der Waals surface area contributed by atoms with E-state index >= 15 is 0 Å². The van der Waals surface area contributed by atoms with Gasteiger partial charge in [0.25, 0.3) is 0 Å². The number of aromatic nitrogens is 1. The lowest BCUT2D eigenvalue weighted by Crippen LogP contribution is -2.23. The van der Waals surface area contributed by atoms with Crippen LogP contribution >= 0.6 is 11.6 Å². The predicted molar refractivity (Wildman–Crippen MR) is 93.9 cm³/mol. The third-order valence-corrected chi connectivity index (χ3v) is 5.29. The number of fused-ring (bicyclic) bond motifs is 1. The van der Waals surface area contributed by atoms with Gasteiger partial charge in [-0.2, -0.15) is 0 Å². The Morgan fingerprint density at radius 3 is 2.50 bits per heavy atom. The number of carbonyl (C=O) groups is 1. The minimum atomic E-state index is -3.74. The highest BCUT2D eigenvalue weighted by atomic mass is 35.5. The van der Waals surface area contributed by atoms with Crippen molar-refractivity contribution in [2.75, 3.05) is 11.1 Å². The molecule has 2 aromatic carbocycles. The van der Waals surface area contributed by atoms with Gasteiger partial charge in [0.05, 0.1) is 16.1 Å². The summed E-state index contributed by atoms with van der Waals surface area (Å²) >= 11 is 5.75. The molecule has 0 aliphatic heterocycles. The minimum Gasteiger partial charge on any atom is -0.323 e. The van der Waals surface area contributed by atoms with E-state index in [1.165, 1.54) is 24.3 Å². The van der Waals surface area contributed by atoms with Crippen molar-refractivity contribution < 1.29 is 13.2 Å². The highest BCUT2D eigenvalue weighted by molar-refractivity contribution is 7.92. The number of nitrogens with zero attached hydrogens (tertiary/aromatic N) is 1. The van der Waals surface area contributed by atoms with Crippen LogP contribution in [0.25, 0.3) is 10.9 Å². The first-order valence-corrected chi connectivity index (χ1v) is 9.11. The fourth-order valence-electron chi connectivity index (χ4n) is 2.29. The molecule has 7 heteroatoms. The van der Waals surface area contributed by atoms with Crippen LogP contribution in [0.3, 0.4) is 0 Å². The second-order valence-corrected chi connectivity index (χ2v) is 7.57. The Balaban J connectivity index is 1.81. The molecule has 0 saturated carbocycles. The number of hydrogen-bond donors (Lipinski definition) is 1. The molecule has 3 aromatic rings. The Morgan fingerprint density at radius 1 is 1.04 bits per heavy atom. The number of pyridine rings is 1. The maximum Gasteiger partial charge on any atom is 0.240 e. The second kappa shape index (κ2) is 6.59.